The summed E-state index contributed by atoms with van der Waals surface area (Å²) in [6.45, 7) is 0. The number of hydrogen-bond acceptors (Lipinski definition) is 10. The first-order valence-corrected chi connectivity index (χ1v) is 13.1. The third-order valence-electron chi connectivity index (χ3n) is 7.25. The number of aromatic hydroxyl groups is 3. The fraction of sp³-hybridized carbons (Fsp3) is 0.188. The SMILES string of the molecule is COc1cc(O)c2c(c1)OC(c1ccc(Oc3cc(C4CC(=O)c5c(O)cc(OC)cc5O4)ccc3O)cc1)CC2=O. The van der Waals surface area contributed by atoms with Crippen molar-refractivity contribution in [2.75, 3.05) is 14.2 Å². The minimum atomic E-state index is -0.677. The van der Waals surface area contributed by atoms with Crippen molar-refractivity contribution >= 4 is 11.6 Å². The van der Waals surface area contributed by atoms with Crippen LogP contribution in [0.4, 0.5) is 0 Å². The summed E-state index contributed by atoms with van der Waals surface area (Å²) < 4.78 is 28.4. The molecule has 4 aromatic rings. The molecule has 2 aliphatic rings. The van der Waals surface area contributed by atoms with Crippen molar-refractivity contribution in [3.05, 3.63) is 89.0 Å². The van der Waals surface area contributed by atoms with E-state index in [1.165, 1.54) is 32.4 Å². The standard InChI is InChI=1S/C32H26O10/c1-38-19-10-22(34)31-24(36)14-26(41-29(31)12-19)16-3-6-18(7-4-16)40-28-9-17(5-8-21(28)33)27-15-25(37)32-23(35)11-20(39-2)13-30(32)42-27/h3-13,26-27,33-35H,14-15H2,1-2H3. The van der Waals surface area contributed by atoms with Crippen molar-refractivity contribution in [2.24, 2.45) is 0 Å². The monoisotopic (exact) mass is 570 g/mol. The van der Waals surface area contributed by atoms with Crippen molar-refractivity contribution in [2.45, 2.75) is 25.0 Å². The molecule has 0 aliphatic carbocycles. The van der Waals surface area contributed by atoms with Crippen molar-refractivity contribution in [3.8, 4) is 51.7 Å². The van der Waals surface area contributed by atoms with Gasteiger partial charge in [0, 0.05) is 24.3 Å². The zero-order chi connectivity index (χ0) is 29.5. The number of hydrogen-bond donors (Lipinski definition) is 3. The van der Waals surface area contributed by atoms with Crippen molar-refractivity contribution < 1.29 is 48.6 Å². The lowest BCUT2D eigenvalue weighted by atomic mass is 9.95. The van der Waals surface area contributed by atoms with Gasteiger partial charge >= 0.3 is 0 Å². The van der Waals surface area contributed by atoms with Gasteiger partial charge in [0.1, 0.15) is 63.6 Å². The van der Waals surface area contributed by atoms with Crippen LogP contribution in [0.5, 0.6) is 51.7 Å². The first-order valence-electron chi connectivity index (χ1n) is 13.1. The van der Waals surface area contributed by atoms with E-state index in [9.17, 15) is 24.9 Å². The summed E-state index contributed by atoms with van der Waals surface area (Å²) in [5.41, 5.74) is 1.54. The van der Waals surface area contributed by atoms with Gasteiger partial charge in [-0.15, -0.1) is 0 Å². The summed E-state index contributed by atoms with van der Waals surface area (Å²) in [5, 5.41) is 31.0. The molecular formula is C32H26O10. The Hall–Kier alpha value is -5.38. The molecule has 42 heavy (non-hydrogen) atoms. The third kappa shape index (κ3) is 4.87. The van der Waals surface area contributed by atoms with E-state index in [2.05, 4.69) is 0 Å². The molecule has 3 N–H and O–H groups in total. The molecule has 0 saturated heterocycles. The topological polar surface area (TPSA) is 141 Å². The van der Waals surface area contributed by atoms with Crippen molar-refractivity contribution in [1.82, 2.24) is 0 Å². The lowest BCUT2D eigenvalue weighted by Gasteiger charge is -2.27. The Morgan fingerprint density at radius 2 is 1.12 bits per heavy atom. The number of carbonyl (C=O) groups is 2. The quantitative estimate of drug-likeness (QED) is 0.252. The Bertz CT molecular complexity index is 1710. The number of phenols is 3. The number of Topliss-reactive ketones (excluding diaryl/α,β-unsaturated/α-hetero) is 2. The molecule has 2 atom stereocenters. The molecule has 0 aromatic heterocycles. The molecule has 0 spiro atoms. The van der Waals surface area contributed by atoms with Crippen LogP contribution < -0.4 is 23.7 Å². The molecule has 214 valence electrons. The first kappa shape index (κ1) is 26.8. The van der Waals surface area contributed by atoms with Gasteiger partial charge in [-0.2, -0.15) is 0 Å². The van der Waals surface area contributed by atoms with Gasteiger partial charge in [0.15, 0.2) is 23.1 Å². The number of ketones is 2. The Labute approximate surface area is 240 Å². The number of benzene rings is 4. The van der Waals surface area contributed by atoms with Gasteiger partial charge in [-0.25, -0.2) is 0 Å². The number of fused-ring (bicyclic) bond motifs is 2. The van der Waals surface area contributed by atoms with E-state index in [1.54, 1.807) is 48.5 Å². The van der Waals surface area contributed by atoms with Gasteiger partial charge in [-0.1, -0.05) is 18.2 Å². The highest BCUT2D eigenvalue weighted by atomic mass is 16.5. The molecule has 10 nitrogen and oxygen atoms in total. The Morgan fingerprint density at radius 3 is 1.64 bits per heavy atom. The zero-order valence-electron chi connectivity index (χ0n) is 22.6. The van der Waals surface area contributed by atoms with Crippen LogP contribution in [0, 0.1) is 0 Å². The van der Waals surface area contributed by atoms with Crippen molar-refractivity contribution in [1.29, 1.82) is 0 Å². The number of phenolic OH excluding ortho intramolecular Hbond substituents is 3. The van der Waals surface area contributed by atoms with E-state index < -0.39 is 12.2 Å². The Morgan fingerprint density at radius 1 is 0.619 bits per heavy atom. The van der Waals surface area contributed by atoms with Crippen LogP contribution in [0.15, 0.2) is 66.7 Å². The maximum atomic E-state index is 12.8. The van der Waals surface area contributed by atoms with Crippen LogP contribution in [0.1, 0.15) is 56.9 Å². The summed E-state index contributed by atoms with van der Waals surface area (Å²) in [6.07, 6.45) is -1.23. The molecule has 10 heteroatoms. The average molecular weight is 571 g/mol. The summed E-state index contributed by atoms with van der Waals surface area (Å²) in [6, 6.07) is 17.4. The number of carbonyl (C=O) groups excluding carboxylic acids is 2. The second-order valence-corrected chi connectivity index (χ2v) is 9.91. The van der Waals surface area contributed by atoms with E-state index in [1.807, 2.05) is 0 Å². The van der Waals surface area contributed by atoms with E-state index in [4.69, 9.17) is 23.7 Å². The predicted octanol–water partition coefficient (Wildman–Crippen LogP) is 6.03. The van der Waals surface area contributed by atoms with Gasteiger partial charge in [0.2, 0.25) is 0 Å². The van der Waals surface area contributed by atoms with E-state index in [0.29, 0.717) is 28.4 Å². The Balaban J connectivity index is 1.20. The summed E-state index contributed by atoms with van der Waals surface area (Å²) in [7, 11) is 2.91. The minimum absolute atomic E-state index is 0.0152. The molecular weight excluding hydrogens is 544 g/mol. The Kier molecular flexibility index (Phi) is 6.74. The first-order chi connectivity index (χ1) is 20.2. The maximum Gasteiger partial charge on any atom is 0.174 e. The van der Waals surface area contributed by atoms with Crippen LogP contribution in [0.25, 0.3) is 0 Å². The normalized spacial score (nSPS) is 17.4. The highest BCUT2D eigenvalue weighted by molar-refractivity contribution is 6.03. The van der Waals surface area contributed by atoms with Crippen LogP contribution in [-0.4, -0.2) is 41.1 Å². The molecule has 0 amide bonds. The number of rotatable bonds is 6. The van der Waals surface area contributed by atoms with Gasteiger partial charge in [-0.05, 0) is 35.4 Å². The van der Waals surface area contributed by atoms with E-state index in [-0.39, 0.29) is 70.0 Å². The molecule has 4 aromatic carbocycles. The molecule has 6 rings (SSSR count). The van der Waals surface area contributed by atoms with Crippen LogP contribution in [0.2, 0.25) is 0 Å². The summed E-state index contributed by atoms with van der Waals surface area (Å²) in [4.78, 5) is 25.6. The minimum Gasteiger partial charge on any atom is -0.507 e. The molecule has 0 radical (unpaired) electrons. The van der Waals surface area contributed by atoms with Gasteiger partial charge in [0.25, 0.3) is 0 Å². The second-order valence-electron chi connectivity index (χ2n) is 9.91. The lowest BCUT2D eigenvalue weighted by molar-refractivity contribution is 0.0834. The molecule has 0 saturated carbocycles. The third-order valence-corrected chi connectivity index (χ3v) is 7.25. The molecule has 0 fully saturated rings. The molecule has 2 heterocycles. The molecule has 2 aliphatic heterocycles. The number of ether oxygens (including phenoxy) is 5. The highest BCUT2D eigenvalue weighted by Gasteiger charge is 2.32. The van der Waals surface area contributed by atoms with Crippen LogP contribution in [-0.2, 0) is 0 Å². The summed E-state index contributed by atoms with van der Waals surface area (Å²) >= 11 is 0. The fourth-order valence-electron chi connectivity index (χ4n) is 5.13. The van der Waals surface area contributed by atoms with Crippen LogP contribution >= 0.6 is 0 Å². The average Bonchev–Trinajstić information content (AvgIpc) is 2.97. The van der Waals surface area contributed by atoms with Gasteiger partial charge < -0.3 is 39.0 Å². The molecule has 0 bridgehead atoms. The van der Waals surface area contributed by atoms with Crippen LogP contribution in [0.3, 0.4) is 0 Å². The van der Waals surface area contributed by atoms with Crippen molar-refractivity contribution in [3.63, 3.8) is 0 Å². The van der Waals surface area contributed by atoms with E-state index in [0.717, 1.165) is 0 Å². The number of methoxy groups -OCH3 is 2. The van der Waals surface area contributed by atoms with Gasteiger partial charge in [-0.3, -0.25) is 9.59 Å². The largest absolute Gasteiger partial charge is 0.507 e. The highest BCUT2D eigenvalue weighted by Crippen LogP contribution is 2.44. The predicted molar refractivity (Wildman–Crippen MR) is 149 cm³/mol. The maximum absolute atomic E-state index is 12.8. The molecule has 2 unspecified atom stereocenters. The summed E-state index contributed by atoms with van der Waals surface area (Å²) in [5.74, 6) is 0.684. The van der Waals surface area contributed by atoms with Gasteiger partial charge in [0.05, 0.1) is 27.1 Å². The zero-order valence-corrected chi connectivity index (χ0v) is 22.6. The second kappa shape index (κ2) is 10.5. The fourth-order valence-corrected chi connectivity index (χ4v) is 5.13. The smallest absolute Gasteiger partial charge is 0.174 e. The lowest BCUT2D eigenvalue weighted by Crippen LogP contribution is -2.20. The van der Waals surface area contributed by atoms with E-state index >= 15 is 0 Å².